The quantitative estimate of drug-likeness (QED) is 0.439. The van der Waals surface area contributed by atoms with E-state index in [1.807, 2.05) is 31.3 Å². The van der Waals surface area contributed by atoms with E-state index in [4.69, 9.17) is 9.84 Å². The maximum atomic E-state index is 15.8. The van der Waals surface area contributed by atoms with E-state index in [2.05, 4.69) is 32.1 Å². The van der Waals surface area contributed by atoms with E-state index in [1.165, 1.54) is 11.3 Å². The number of carbonyl (C=O) groups is 1. The normalized spacial score (nSPS) is 18.4. The van der Waals surface area contributed by atoms with Crippen molar-refractivity contribution in [3.05, 3.63) is 46.9 Å². The number of fused-ring (bicyclic) bond motifs is 2. The Kier molecular flexibility index (Phi) is 7.53. The molecular formula is C30H42FN7O2. The maximum absolute atomic E-state index is 15.8. The smallest absolute Gasteiger partial charge is 0.317 e. The molecule has 9 nitrogen and oxygen atoms in total. The summed E-state index contributed by atoms with van der Waals surface area (Å²) >= 11 is 0. The van der Waals surface area contributed by atoms with Crippen molar-refractivity contribution < 1.29 is 15.3 Å². The second-order valence-electron chi connectivity index (χ2n) is 11.2. The van der Waals surface area contributed by atoms with Crippen LogP contribution in [-0.4, -0.2) is 63.8 Å². The van der Waals surface area contributed by atoms with E-state index < -0.39 is 6.17 Å². The predicted octanol–water partition coefficient (Wildman–Crippen LogP) is 5.47. The van der Waals surface area contributed by atoms with Crippen LogP contribution in [0.4, 0.5) is 20.7 Å². The minimum atomic E-state index is -1.06. The first-order valence-electron chi connectivity index (χ1n) is 14.7. The highest BCUT2D eigenvalue weighted by atomic mass is 19.1. The molecule has 2 amide bonds. The van der Waals surface area contributed by atoms with Crippen LogP contribution in [0.1, 0.15) is 75.1 Å². The Morgan fingerprint density at radius 1 is 1.25 bits per heavy atom. The lowest BCUT2D eigenvalue weighted by Gasteiger charge is -2.33. The standard InChI is InChI=1S/C30H40FN7O2.H2/c1-4-6-26(31)24-16-28-20(15-23(24)21-17-33-35(3)18-21)7-5-11-37(28)29-25-19-36(30(39)32-2)12-8-27(25)38(34-29)22-9-13-40-14-10-22;/h15-18,22,26H,4-14,19H2,1-3H3,(H,32,39);1H. The summed E-state index contributed by atoms with van der Waals surface area (Å²) in [6.07, 6.45) is 8.50. The van der Waals surface area contributed by atoms with Crippen LogP contribution in [0.15, 0.2) is 24.5 Å². The van der Waals surface area contributed by atoms with E-state index >= 15 is 4.39 Å². The van der Waals surface area contributed by atoms with Gasteiger partial charge in [0, 0.05) is 77.0 Å². The van der Waals surface area contributed by atoms with E-state index in [1.54, 1.807) is 11.7 Å². The molecule has 3 aliphatic heterocycles. The number of alkyl halides is 1. The number of hydrogen-bond acceptors (Lipinski definition) is 5. The van der Waals surface area contributed by atoms with Crippen molar-refractivity contribution in [3.63, 3.8) is 0 Å². The Morgan fingerprint density at radius 2 is 2.08 bits per heavy atom. The lowest BCUT2D eigenvalue weighted by molar-refractivity contribution is 0.0651. The molecule has 1 atom stereocenters. The molecule has 0 saturated carbocycles. The second kappa shape index (κ2) is 11.2. The third kappa shape index (κ3) is 4.87. The van der Waals surface area contributed by atoms with Crippen molar-refractivity contribution in [2.24, 2.45) is 7.05 Å². The summed E-state index contributed by atoms with van der Waals surface area (Å²) < 4.78 is 25.4. The molecule has 216 valence electrons. The Bertz CT molecular complexity index is 1380. The number of aryl methyl sites for hydroxylation is 2. The largest absolute Gasteiger partial charge is 0.381 e. The fraction of sp³-hybridized carbons (Fsp3) is 0.567. The summed E-state index contributed by atoms with van der Waals surface area (Å²) in [7, 11) is 3.57. The number of hydrogen-bond donors (Lipinski definition) is 1. The lowest BCUT2D eigenvalue weighted by Crippen LogP contribution is -2.42. The molecule has 3 aliphatic rings. The summed E-state index contributed by atoms with van der Waals surface area (Å²) in [5.41, 5.74) is 7.14. The zero-order valence-electron chi connectivity index (χ0n) is 23.8. The number of ether oxygens (including phenoxy) is 1. The number of amides is 2. The third-order valence-electron chi connectivity index (χ3n) is 8.62. The van der Waals surface area contributed by atoms with Gasteiger partial charge >= 0.3 is 6.03 Å². The van der Waals surface area contributed by atoms with Crippen molar-refractivity contribution >= 4 is 17.5 Å². The lowest BCUT2D eigenvalue weighted by atomic mass is 9.90. The van der Waals surface area contributed by atoms with Crippen molar-refractivity contribution in [2.45, 2.75) is 70.6 Å². The van der Waals surface area contributed by atoms with Gasteiger partial charge in [-0.25, -0.2) is 9.18 Å². The number of benzene rings is 1. The van der Waals surface area contributed by atoms with Crippen molar-refractivity contribution in [2.75, 3.05) is 38.3 Å². The fourth-order valence-electron chi connectivity index (χ4n) is 6.56. The number of nitrogens with one attached hydrogen (secondary N) is 1. The van der Waals surface area contributed by atoms with Crippen molar-refractivity contribution in [1.29, 1.82) is 0 Å². The molecule has 1 unspecified atom stereocenters. The minimum Gasteiger partial charge on any atom is -0.381 e. The monoisotopic (exact) mass is 551 g/mol. The van der Waals surface area contributed by atoms with Gasteiger partial charge in [-0.15, -0.1) is 0 Å². The van der Waals surface area contributed by atoms with E-state index in [0.29, 0.717) is 25.1 Å². The summed E-state index contributed by atoms with van der Waals surface area (Å²) in [5, 5.41) is 12.4. The molecule has 1 saturated heterocycles. The van der Waals surface area contributed by atoms with Gasteiger partial charge in [-0.1, -0.05) is 13.3 Å². The Hall–Kier alpha value is -3.40. The molecule has 1 N–H and O–H groups in total. The van der Waals surface area contributed by atoms with Gasteiger partial charge < -0.3 is 19.9 Å². The van der Waals surface area contributed by atoms with Gasteiger partial charge in [0.1, 0.15) is 6.17 Å². The average Bonchev–Trinajstić information content (AvgIpc) is 3.59. The van der Waals surface area contributed by atoms with Crippen LogP contribution in [0.25, 0.3) is 11.1 Å². The summed E-state index contributed by atoms with van der Waals surface area (Å²) in [5.74, 6) is 0.905. The number of halogens is 1. The molecule has 1 aromatic carbocycles. The van der Waals surface area contributed by atoms with Crippen LogP contribution in [-0.2, 0) is 31.2 Å². The molecule has 0 radical (unpaired) electrons. The Labute approximate surface area is 236 Å². The molecule has 0 aliphatic carbocycles. The highest BCUT2D eigenvalue weighted by Crippen LogP contribution is 2.44. The molecular weight excluding hydrogens is 509 g/mol. The van der Waals surface area contributed by atoms with Gasteiger partial charge in [0.15, 0.2) is 5.82 Å². The SMILES string of the molecule is CCCC(F)c1cc2c(cc1-c1cnn(C)c1)CCCN2c1nn(C2CCOCC2)c2c1CN(C(=O)NC)CC2.[HH]. The summed E-state index contributed by atoms with van der Waals surface area (Å²) in [6, 6.07) is 4.46. The van der Waals surface area contributed by atoms with Gasteiger partial charge in [0.25, 0.3) is 0 Å². The number of aromatic nitrogens is 4. The van der Waals surface area contributed by atoms with E-state index in [9.17, 15) is 4.79 Å². The Morgan fingerprint density at radius 3 is 2.80 bits per heavy atom. The topological polar surface area (TPSA) is 80.5 Å². The van der Waals surface area contributed by atoms with Crippen LogP contribution in [0.3, 0.4) is 0 Å². The zero-order valence-corrected chi connectivity index (χ0v) is 23.8. The number of nitrogens with zero attached hydrogens (tertiary/aromatic N) is 6. The van der Waals surface area contributed by atoms with Crippen molar-refractivity contribution in [1.82, 2.24) is 29.8 Å². The van der Waals surface area contributed by atoms with Crippen LogP contribution >= 0.6 is 0 Å². The predicted molar refractivity (Wildman–Crippen MR) is 155 cm³/mol. The molecule has 2 aromatic heterocycles. The summed E-state index contributed by atoms with van der Waals surface area (Å²) in [4.78, 5) is 16.8. The first kappa shape index (κ1) is 26.8. The maximum Gasteiger partial charge on any atom is 0.317 e. The van der Waals surface area contributed by atoms with Crippen LogP contribution in [0.5, 0.6) is 0 Å². The van der Waals surface area contributed by atoms with Crippen molar-refractivity contribution in [3.8, 4) is 11.1 Å². The number of carbonyl (C=O) groups excluding carboxylic acids is 1. The molecule has 5 heterocycles. The van der Waals surface area contributed by atoms with Crippen LogP contribution in [0, 0.1) is 0 Å². The molecule has 1 fully saturated rings. The van der Waals surface area contributed by atoms with Gasteiger partial charge in [-0.3, -0.25) is 9.36 Å². The molecule has 0 bridgehead atoms. The number of anilines is 2. The highest BCUT2D eigenvalue weighted by molar-refractivity contribution is 5.78. The molecule has 0 spiro atoms. The zero-order chi connectivity index (χ0) is 27.8. The van der Waals surface area contributed by atoms with E-state index in [-0.39, 0.29) is 13.5 Å². The van der Waals surface area contributed by atoms with Crippen LogP contribution in [0.2, 0.25) is 0 Å². The second-order valence-corrected chi connectivity index (χ2v) is 11.2. The minimum absolute atomic E-state index is 0. The highest BCUT2D eigenvalue weighted by Gasteiger charge is 2.34. The third-order valence-corrected chi connectivity index (χ3v) is 8.62. The first-order chi connectivity index (χ1) is 19.5. The molecule has 40 heavy (non-hydrogen) atoms. The average molecular weight is 552 g/mol. The number of rotatable bonds is 6. The fourth-order valence-corrected chi connectivity index (χ4v) is 6.56. The van der Waals surface area contributed by atoms with Gasteiger partial charge in [-0.05, 0) is 60.9 Å². The van der Waals surface area contributed by atoms with Gasteiger partial charge in [-0.2, -0.15) is 10.2 Å². The van der Waals surface area contributed by atoms with Crippen LogP contribution < -0.4 is 10.2 Å². The van der Waals surface area contributed by atoms with Gasteiger partial charge in [0.2, 0.25) is 0 Å². The molecule has 3 aromatic rings. The van der Waals surface area contributed by atoms with Gasteiger partial charge in [0.05, 0.1) is 18.8 Å². The molecule has 6 rings (SSSR count). The number of urea groups is 1. The molecule has 10 heteroatoms. The Balaban J connectivity index is 0.00000337. The summed E-state index contributed by atoms with van der Waals surface area (Å²) in [6.45, 7) is 5.48. The van der Waals surface area contributed by atoms with E-state index in [0.717, 1.165) is 86.5 Å². The first-order valence-corrected chi connectivity index (χ1v) is 14.7.